The number of alkyl halides is 1. The van der Waals surface area contributed by atoms with E-state index in [1.807, 2.05) is 34.6 Å². The second kappa shape index (κ2) is 6.28. The number of halogens is 2. The molecule has 2 nitrogen and oxygen atoms in total. The predicted molar refractivity (Wildman–Crippen MR) is 92.9 cm³/mol. The van der Waals surface area contributed by atoms with Gasteiger partial charge in [-0.15, -0.1) is 0 Å². The summed E-state index contributed by atoms with van der Waals surface area (Å²) in [6.07, 6.45) is 1.03. The number of hydrogen-bond acceptors (Lipinski definition) is 3. The van der Waals surface area contributed by atoms with Crippen LogP contribution in [0.4, 0.5) is 21.5 Å². The van der Waals surface area contributed by atoms with Crippen molar-refractivity contribution in [2.75, 3.05) is 13.9 Å². The smallest absolute Gasteiger partial charge is 0.147 e. The van der Waals surface area contributed by atoms with Gasteiger partial charge in [0.15, 0.2) is 0 Å². The lowest BCUT2D eigenvalue weighted by molar-refractivity contribution is 0.630. The first-order valence-electron chi connectivity index (χ1n) is 6.89. The standard InChI is InChI=1S/C16H16BrFN2S/c1-12(10-11-17)19-15-8-4-5-9-16(15)20(21-19)14-7-3-2-6-13(14)18/h2-9,12H,10-11H2,1H3. The molecule has 21 heavy (non-hydrogen) atoms. The molecule has 1 heterocycles. The highest BCUT2D eigenvalue weighted by atomic mass is 79.9. The molecule has 0 bridgehead atoms. The van der Waals surface area contributed by atoms with Crippen molar-refractivity contribution in [2.45, 2.75) is 19.4 Å². The summed E-state index contributed by atoms with van der Waals surface area (Å²) in [7, 11) is 0. The molecular formula is C16H16BrFN2S. The molecule has 0 N–H and O–H groups in total. The van der Waals surface area contributed by atoms with E-state index in [2.05, 4.69) is 33.2 Å². The van der Waals surface area contributed by atoms with Crippen molar-refractivity contribution in [1.29, 1.82) is 0 Å². The zero-order valence-corrected chi connectivity index (χ0v) is 14.1. The fourth-order valence-corrected chi connectivity index (χ4v) is 4.21. The van der Waals surface area contributed by atoms with Gasteiger partial charge in [0, 0.05) is 11.4 Å². The average molecular weight is 367 g/mol. The fraction of sp³-hybridized carbons (Fsp3) is 0.250. The number of nitrogens with zero attached hydrogens (tertiary/aromatic N) is 2. The SMILES string of the molecule is CC(CCBr)N1SN(c2ccccc2F)c2ccccc21. The number of rotatable bonds is 4. The molecule has 3 rings (SSSR count). The summed E-state index contributed by atoms with van der Waals surface area (Å²) in [5.74, 6) is -0.199. The molecular weight excluding hydrogens is 351 g/mol. The molecule has 1 aliphatic rings. The van der Waals surface area contributed by atoms with Crippen molar-refractivity contribution >= 4 is 45.1 Å². The summed E-state index contributed by atoms with van der Waals surface area (Å²) in [6.45, 7) is 2.19. The monoisotopic (exact) mass is 366 g/mol. The van der Waals surface area contributed by atoms with E-state index in [4.69, 9.17) is 0 Å². The Kier molecular flexibility index (Phi) is 4.40. The highest BCUT2D eigenvalue weighted by Crippen LogP contribution is 2.50. The first-order valence-corrected chi connectivity index (χ1v) is 8.74. The summed E-state index contributed by atoms with van der Waals surface area (Å²) in [5.41, 5.74) is 2.77. The molecule has 5 heteroatoms. The molecule has 0 aromatic heterocycles. The van der Waals surface area contributed by atoms with Crippen LogP contribution in [-0.4, -0.2) is 11.4 Å². The Bertz CT molecular complexity index is 637. The largest absolute Gasteiger partial charge is 0.293 e. The van der Waals surface area contributed by atoms with Crippen molar-refractivity contribution in [3.8, 4) is 0 Å². The maximum atomic E-state index is 14.1. The van der Waals surface area contributed by atoms with Gasteiger partial charge >= 0.3 is 0 Å². The molecule has 0 fully saturated rings. The maximum Gasteiger partial charge on any atom is 0.147 e. The van der Waals surface area contributed by atoms with Crippen LogP contribution >= 0.6 is 28.1 Å². The van der Waals surface area contributed by atoms with Gasteiger partial charge in [-0.2, -0.15) is 0 Å². The van der Waals surface area contributed by atoms with Gasteiger partial charge < -0.3 is 0 Å². The molecule has 0 amide bonds. The molecule has 0 aliphatic carbocycles. The number of hydrogen-bond donors (Lipinski definition) is 0. The maximum absolute atomic E-state index is 14.1. The molecule has 1 atom stereocenters. The van der Waals surface area contributed by atoms with Crippen LogP contribution in [0.15, 0.2) is 48.5 Å². The zero-order chi connectivity index (χ0) is 14.8. The summed E-state index contributed by atoms with van der Waals surface area (Å²) < 4.78 is 18.4. The van der Waals surface area contributed by atoms with Gasteiger partial charge in [-0.05, 0) is 37.6 Å². The second-order valence-corrected chi connectivity index (χ2v) is 6.68. The lowest BCUT2D eigenvalue weighted by Gasteiger charge is -2.25. The van der Waals surface area contributed by atoms with Gasteiger partial charge in [0.1, 0.15) is 5.82 Å². The normalized spacial score (nSPS) is 15.2. The number of fused-ring (bicyclic) bond motifs is 1. The van der Waals surface area contributed by atoms with Gasteiger partial charge in [-0.25, -0.2) is 4.39 Å². The van der Waals surface area contributed by atoms with Crippen LogP contribution in [0, 0.1) is 5.82 Å². The van der Waals surface area contributed by atoms with Crippen molar-refractivity contribution < 1.29 is 4.39 Å². The van der Waals surface area contributed by atoms with E-state index in [0.29, 0.717) is 11.7 Å². The van der Waals surface area contributed by atoms with E-state index in [9.17, 15) is 4.39 Å². The van der Waals surface area contributed by atoms with Crippen molar-refractivity contribution in [1.82, 2.24) is 0 Å². The van der Waals surface area contributed by atoms with E-state index in [0.717, 1.165) is 23.1 Å². The number of para-hydroxylation sites is 3. The molecule has 1 aliphatic heterocycles. The molecule has 0 saturated carbocycles. The Morgan fingerprint density at radius 1 is 1.05 bits per heavy atom. The Balaban J connectivity index is 2.00. The van der Waals surface area contributed by atoms with Crippen molar-refractivity contribution in [3.63, 3.8) is 0 Å². The first kappa shape index (κ1) is 14.7. The molecule has 0 spiro atoms. The zero-order valence-electron chi connectivity index (χ0n) is 11.7. The van der Waals surface area contributed by atoms with Crippen molar-refractivity contribution in [2.24, 2.45) is 0 Å². The molecule has 0 radical (unpaired) electrons. The summed E-state index contributed by atoms with van der Waals surface area (Å²) in [4.78, 5) is 0. The van der Waals surface area contributed by atoms with Gasteiger partial charge in [-0.1, -0.05) is 40.2 Å². The average Bonchev–Trinajstić information content (AvgIpc) is 2.88. The van der Waals surface area contributed by atoms with E-state index < -0.39 is 0 Å². The molecule has 1 unspecified atom stereocenters. The highest BCUT2D eigenvalue weighted by molar-refractivity contribution is 9.09. The van der Waals surface area contributed by atoms with E-state index >= 15 is 0 Å². The lowest BCUT2D eigenvalue weighted by atomic mass is 10.2. The van der Waals surface area contributed by atoms with Gasteiger partial charge in [-0.3, -0.25) is 8.61 Å². The highest BCUT2D eigenvalue weighted by Gasteiger charge is 2.32. The van der Waals surface area contributed by atoms with E-state index in [1.54, 1.807) is 18.2 Å². The molecule has 2 aromatic rings. The number of benzene rings is 2. The van der Waals surface area contributed by atoms with Crippen LogP contribution < -0.4 is 8.61 Å². The van der Waals surface area contributed by atoms with E-state index in [1.165, 1.54) is 6.07 Å². The minimum Gasteiger partial charge on any atom is -0.293 e. The van der Waals surface area contributed by atoms with Crippen LogP contribution in [0.5, 0.6) is 0 Å². The third kappa shape index (κ3) is 2.77. The van der Waals surface area contributed by atoms with Gasteiger partial charge in [0.05, 0.1) is 29.2 Å². The predicted octanol–water partition coefficient (Wildman–Crippen LogP) is 5.52. The Morgan fingerprint density at radius 3 is 2.33 bits per heavy atom. The first-order chi connectivity index (χ1) is 10.2. The van der Waals surface area contributed by atoms with Crippen LogP contribution in [0.25, 0.3) is 0 Å². The summed E-state index contributed by atoms with van der Waals surface area (Å²) in [5, 5.41) is 0.951. The quantitative estimate of drug-likeness (QED) is 0.519. The Morgan fingerprint density at radius 2 is 1.67 bits per heavy atom. The van der Waals surface area contributed by atoms with E-state index in [-0.39, 0.29) is 5.82 Å². The van der Waals surface area contributed by atoms with Crippen molar-refractivity contribution in [3.05, 3.63) is 54.3 Å². The van der Waals surface area contributed by atoms with Gasteiger partial charge in [0.2, 0.25) is 0 Å². The van der Waals surface area contributed by atoms with Crippen LogP contribution in [-0.2, 0) is 0 Å². The molecule has 2 aromatic carbocycles. The third-order valence-electron chi connectivity index (χ3n) is 3.51. The fourth-order valence-electron chi connectivity index (χ4n) is 2.38. The summed E-state index contributed by atoms with van der Waals surface area (Å²) >= 11 is 5.06. The lowest BCUT2D eigenvalue weighted by Crippen LogP contribution is -2.25. The van der Waals surface area contributed by atoms with Crippen LogP contribution in [0.3, 0.4) is 0 Å². The van der Waals surface area contributed by atoms with Crippen LogP contribution in [0.2, 0.25) is 0 Å². The second-order valence-electron chi connectivity index (χ2n) is 4.97. The third-order valence-corrected chi connectivity index (χ3v) is 5.25. The molecule has 0 saturated heterocycles. The number of anilines is 3. The van der Waals surface area contributed by atoms with Gasteiger partial charge in [0.25, 0.3) is 0 Å². The topological polar surface area (TPSA) is 6.48 Å². The minimum atomic E-state index is -0.199. The summed E-state index contributed by atoms with van der Waals surface area (Å²) in [6, 6.07) is 15.4. The minimum absolute atomic E-state index is 0.199. The Labute approximate surface area is 137 Å². The van der Waals surface area contributed by atoms with Crippen LogP contribution in [0.1, 0.15) is 13.3 Å². The Hall–Kier alpha value is -1.20. The molecule has 110 valence electrons.